The summed E-state index contributed by atoms with van der Waals surface area (Å²) in [5.74, 6) is -4.99. The summed E-state index contributed by atoms with van der Waals surface area (Å²) >= 11 is 12.7. The van der Waals surface area contributed by atoms with Gasteiger partial charge >= 0.3 is 0 Å². The summed E-state index contributed by atoms with van der Waals surface area (Å²) in [6, 6.07) is 35.3. The maximum Gasteiger partial charge on any atom is 0.260 e. The highest BCUT2D eigenvalue weighted by Gasteiger charge is 2.70. The molecule has 0 bridgehead atoms. The zero-order valence-electron chi connectivity index (χ0n) is 30.6. The largest absolute Gasteiger partial charge is 0.508 e. The Balaban J connectivity index is 1.15. The topological polar surface area (TPSA) is 128 Å². The van der Waals surface area contributed by atoms with Crippen LogP contribution in [-0.4, -0.2) is 40.9 Å². The zero-order chi connectivity index (χ0) is 39.6. The fraction of sp³-hybridized carbons (Fsp3) is 0.200. The van der Waals surface area contributed by atoms with Crippen LogP contribution in [0.15, 0.2) is 133 Å². The summed E-state index contributed by atoms with van der Waals surface area (Å²) in [6.45, 7) is 0. The lowest BCUT2D eigenvalue weighted by molar-refractivity contribution is -0.138. The van der Waals surface area contributed by atoms with E-state index in [-0.39, 0.29) is 35.4 Å². The fourth-order valence-electron chi connectivity index (χ4n) is 9.56. The molecule has 2 heterocycles. The average Bonchev–Trinajstić information content (AvgIpc) is 3.60. The van der Waals surface area contributed by atoms with Crippen molar-refractivity contribution in [3.05, 3.63) is 154 Å². The van der Waals surface area contributed by atoms with E-state index < -0.39 is 46.8 Å². The van der Waals surface area contributed by atoms with Gasteiger partial charge < -0.3 is 15.2 Å². The third-order valence-electron chi connectivity index (χ3n) is 12.0. The number of halogens is 2. The normalized spacial score (nSPS) is 25.1. The Labute approximate surface area is 338 Å². The van der Waals surface area contributed by atoms with Crippen molar-refractivity contribution < 1.29 is 29.0 Å². The number of para-hydroxylation sites is 1. The maximum absolute atomic E-state index is 15.4. The van der Waals surface area contributed by atoms with Crippen molar-refractivity contribution in [3.8, 4) is 11.5 Å². The molecule has 0 spiro atoms. The van der Waals surface area contributed by atoms with E-state index in [4.69, 9.17) is 27.9 Å². The molecule has 10 nitrogen and oxygen atoms in total. The Bertz CT molecular complexity index is 2480. The van der Waals surface area contributed by atoms with E-state index in [9.17, 15) is 19.5 Å². The number of phenols is 1. The number of hydrogen-bond acceptors (Lipinski definition) is 8. The maximum atomic E-state index is 15.4. The number of nitrogens with zero attached hydrogens (tertiary/aromatic N) is 2. The van der Waals surface area contributed by atoms with E-state index in [2.05, 4.69) is 10.7 Å². The van der Waals surface area contributed by atoms with Gasteiger partial charge in [-0.3, -0.25) is 29.5 Å². The third kappa shape index (κ3) is 5.85. The number of carbonyl (C=O) groups is 4. The van der Waals surface area contributed by atoms with Gasteiger partial charge in [-0.15, -0.1) is 0 Å². The molecule has 5 aromatic carbocycles. The monoisotopic (exact) mass is 798 g/mol. The molecule has 9 rings (SSSR count). The van der Waals surface area contributed by atoms with Crippen LogP contribution in [0.25, 0.3) is 0 Å². The lowest BCUT2D eigenvalue weighted by Gasteiger charge is -2.50. The van der Waals surface area contributed by atoms with Gasteiger partial charge in [-0.25, -0.2) is 0 Å². The second-order valence-corrected chi connectivity index (χ2v) is 15.7. The molecule has 0 radical (unpaired) electrons. The summed E-state index contributed by atoms with van der Waals surface area (Å²) in [5.41, 5.74) is 5.84. The van der Waals surface area contributed by atoms with Crippen molar-refractivity contribution in [3.63, 3.8) is 0 Å². The Morgan fingerprint density at radius 3 is 2.21 bits per heavy atom. The van der Waals surface area contributed by atoms with Crippen LogP contribution in [0, 0.1) is 23.7 Å². The van der Waals surface area contributed by atoms with Crippen LogP contribution < -0.4 is 20.4 Å². The van der Waals surface area contributed by atoms with E-state index in [1.807, 2.05) is 54.6 Å². The highest BCUT2D eigenvalue weighted by Crippen LogP contribution is 2.64. The molecular weight excluding hydrogens is 763 g/mol. The summed E-state index contributed by atoms with van der Waals surface area (Å²) in [4.78, 5) is 60.6. The van der Waals surface area contributed by atoms with Crippen molar-refractivity contribution in [2.75, 3.05) is 22.8 Å². The van der Waals surface area contributed by atoms with Crippen LogP contribution in [-0.2, 0) is 24.6 Å². The Kier molecular flexibility index (Phi) is 9.06. The number of phenolic OH excluding ortho intramolecular Hbond substituents is 1. The molecule has 2 saturated heterocycles. The lowest BCUT2D eigenvalue weighted by atomic mass is 9.49. The minimum absolute atomic E-state index is 0.0199. The van der Waals surface area contributed by atoms with Crippen LogP contribution in [0.5, 0.6) is 11.5 Å². The van der Waals surface area contributed by atoms with Crippen LogP contribution in [0.2, 0.25) is 10.0 Å². The lowest BCUT2D eigenvalue weighted by Crippen LogP contribution is -2.53. The minimum Gasteiger partial charge on any atom is -0.508 e. The summed E-state index contributed by atoms with van der Waals surface area (Å²) in [6.07, 6.45) is 2.35. The van der Waals surface area contributed by atoms with Crippen molar-refractivity contribution in [2.45, 2.75) is 24.2 Å². The van der Waals surface area contributed by atoms with Gasteiger partial charge in [-0.05, 0) is 109 Å². The molecular formula is C45H36Cl2N4O6. The number of imide groups is 2. The quantitative estimate of drug-likeness (QED) is 0.105. The second-order valence-electron chi connectivity index (χ2n) is 14.9. The first kappa shape index (κ1) is 36.5. The molecule has 2 aliphatic carbocycles. The number of carbonyl (C=O) groups excluding carboxylic acids is 4. The number of ether oxygens (including phenoxy) is 1. The van der Waals surface area contributed by atoms with Gasteiger partial charge in [0.05, 0.1) is 46.7 Å². The number of allylic oxidation sites excluding steroid dienone is 2. The van der Waals surface area contributed by atoms with Crippen molar-refractivity contribution >= 4 is 69.6 Å². The highest BCUT2D eigenvalue weighted by atomic mass is 35.5. The molecule has 4 aliphatic rings. The zero-order valence-corrected chi connectivity index (χ0v) is 32.1. The Hall–Kier alpha value is -6.10. The highest BCUT2D eigenvalue weighted by molar-refractivity contribution is 6.36. The van der Waals surface area contributed by atoms with Crippen LogP contribution >= 0.6 is 23.2 Å². The van der Waals surface area contributed by atoms with Gasteiger partial charge in [0.25, 0.3) is 11.8 Å². The molecule has 4 amide bonds. The smallest absolute Gasteiger partial charge is 0.260 e. The van der Waals surface area contributed by atoms with Gasteiger partial charge in [0.15, 0.2) is 0 Å². The fourth-order valence-corrected chi connectivity index (χ4v) is 10.0. The van der Waals surface area contributed by atoms with Gasteiger partial charge in [0.1, 0.15) is 11.5 Å². The SMILES string of the molecule is COc1ccc(C23C(=O)N(Nc4ccc(Cl)cc4Cl)C(=O)C2CC2C(=CCC4C(=O)N(c5ccc(Nc6ccccc6)cc5)C(=O)C42)C3c2cccc(O)c2)cc1. The Morgan fingerprint density at radius 1 is 0.772 bits per heavy atom. The number of hydrazine groups is 1. The average molecular weight is 800 g/mol. The molecule has 6 unspecified atom stereocenters. The first-order chi connectivity index (χ1) is 27.6. The molecule has 6 atom stereocenters. The van der Waals surface area contributed by atoms with Crippen LogP contribution in [0.4, 0.5) is 22.7 Å². The number of amides is 4. The summed E-state index contributed by atoms with van der Waals surface area (Å²) in [7, 11) is 1.55. The standard InChI is InChI=1S/C45H36Cl2N4O6/c1-57-32-17-10-26(11-18-32)45-36(42(54)51(44(45)56)49-38-21-12-27(46)23-37(38)47)24-35-33(40(45)25-6-5-9-31(52)22-25)19-20-34-39(35)43(55)50(41(34)53)30-15-13-29(14-16-30)48-28-7-3-2-4-8-28/h2-19,21-23,34-36,39-40,48-49,52H,20,24H2,1H3. The molecule has 0 aromatic heterocycles. The van der Waals surface area contributed by atoms with Crippen molar-refractivity contribution in [1.82, 2.24) is 5.01 Å². The number of methoxy groups -OCH3 is 1. The van der Waals surface area contributed by atoms with Crippen molar-refractivity contribution in [1.29, 1.82) is 0 Å². The predicted octanol–water partition coefficient (Wildman–Crippen LogP) is 8.64. The second kappa shape index (κ2) is 14.1. The summed E-state index contributed by atoms with van der Waals surface area (Å²) in [5, 5.41) is 15.8. The van der Waals surface area contributed by atoms with Gasteiger partial charge in [-0.2, -0.15) is 5.01 Å². The molecule has 1 saturated carbocycles. The predicted molar refractivity (Wildman–Crippen MR) is 217 cm³/mol. The van der Waals surface area contributed by atoms with E-state index >= 15 is 4.79 Å². The van der Waals surface area contributed by atoms with Gasteiger partial charge in [0, 0.05) is 22.3 Å². The number of hydrogen-bond donors (Lipinski definition) is 3. The van der Waals surface area contributed by atoms with E-state index in [0.29, 0.717) is 33.3 Å². The summed E-state index contributed by atoms with van der Waals surface area (Å²) < 4.78 is 5.48. The molecule has 2 aliphatic heterocycles. The number of fused-ring (bicyclic) bond motifs is 4. The minimum atomic E-state index is -1.54. The molecule has 57 heavy (non-hydrogen) atoms. The number of rotatable bonds is 8. The number of anilines is 4. The molecule has 286 valence electrons. The van der Waals surface area contributed by atoms with Gasteiger partial charge in [-0.1, -0.05) is 77.3 Å². The van der Waals surface area contributed by atoms with Gasteiger partial charge in [0.2, 0.25) is 11.8 Å². The molecule has 3 N–H and O–H groups in total. The Morgan fingerprint density at radius 2 is 1.51 bits per heavy atom. The van der Waals surface area contributed by atoms with Crippen LogP contribution in [0.3, 0.4) is 0 Å². The molecule has 5 aromatic rings. The molecule has 3 fully saturated rings. The van der Waals surface area contributed by atoms with Crippen molar-refractivity contribution in [2.24, 2.45) is 23.7 Å². The molecule has 12 heteroatoms. The number of benzene rings is 5. The van der Waals surface area contributed by atoms with E-state index in [1.165, 1.54) is 11.0 Å². The first-order valence-corrected chi connectivity index (χ1v) is 19.4. The number of aromatic hydroxyl groups is 1. The van der Waals surface area contributed by atoms with E-state index in [0.717, 1.165) is 22.0 Å². The van der Waals surface area contributed by atoms with E-state index in [1.54, 1.807) is 73.8 Å². The first-order valence-electron chi connectivity index (χ1n) is 18.6. The third-order valence-corrected chi connectivity index (χ3v) is 12.5. The number of nitrogens with one attached hydrogen (secondary N) is 2. The van der Waals surface area contributed by atoms with Crippen LogP contribution in [0.1, 0.15) is 29.9 Å².